The zero-order chi connectivity index (χ0) is 29.1. The molecule has 8 rings (SSSR count). The third-order valence-corrected chi connectivity index (χ3v) is 10.4. The van der Waals surface area contributed by atoms with Crippen molar-refractivity contribution in [3.8, 4) is 0 Å². The van der Waals surface area contributed by atoms with Crippen molar-refractivity contribution in [3.05, 3.63) is 71.4 Å². The Balaban J connectivity index is 1.11. The Morgan fingerprint density at radius 3 is 2.17 bits per heavy atom. The van der Waals surface area contributed by atoms with Gasteiger partial charge in [0.1, 0.15) is 6.54 Å². The van der Waals surface area contributed by atoms with Crippen LogP contribution in [0, 0.1) is 23.2 Å². The fraction of sp³-hybridized carbons (Fsp3) is 0.529. The molecular weight excluding hydrogens is 539 g/mol. The first kappa shape index (κ1) is 27.5. The summed E-state index contributed by atoms with van der Waals surface area (Å²) in [5.74, 6) is 1.97. The summed E-state index contributed by atoms with van der Waals surface area (Å²) in [7, 11) is 0. The SMILES string of the molecule is O=C(CN(C(=O)C12CC3CC(CC(C3)C1)C2)C1CC1)N(CCc1c[nH]c2ccccc12)Cc1ccc(C(F)(F)F)cc1. The predicted molar refractivity (Wildman–Crippen MR) is 154 cm³/mol. The molecule has 1 aromatic heterocycles. The van der Waals surface area contributed by atoms with Crippen LogP contribution in [0.1, 0.15) is 68.1 Å². The van der Waals surface area contributed by atoms with Crippen LogP contribution >= 0.6 is 0 Å². The number of amides is 2. The second kappa shape index (κ2) is 10.5. The van der Waals surface area contributed by atoms with Crippen LogP contribution in [0.15, 0.2) is 54.7 Å². The number of para-hydroxylation sites is 1. The van der Waals surface area contributed by atoms with Crippen LogP contribution in [0.25, 0.3) is 10.9 Å². The smallest absolute Gasteiger partial charge is 0.361 e. The van der Waals surface area contributed by atoms with Gasteiger partial charge in [-0.1, -0.05) is 30.3 Å². The van der Waals surface area contributed by atoms with Crippen LogP contribution in [0.2, 0.25) is 0 Å². The fourth-order valence-corrected chi connectivity index (χ4v) is 8.58. The molecule has 4 bridgehead atoms. The van der Waals surface area contributed by atoms with E-state index in [2.05, 4.69) is 4.98 Å². The van der Waals surface area contributed by atoms with Gasteiger partial charge in [-0.2, -0.15) is 13.2 Å². The molecule has 1 heterocycles. The molecule has 0 spiro atoms. The van der Waals surface area contributed by atoms with Crippen molar-refractivity contribution >= 4 is 22.7 Å². The summed E-state index contributed by atoms with van der Waals surface area (Å²) in [6, 6.07) is 13.2. The normalized spacial score (nSPS) is 26.5. The van der Waals surface area contributed by atoms with Crippen LogP contribution in [-0.2, 0) is 28.7 Å². The Labute approximate surface area is 244 Å². The zero-order valence-electron chi connectivity index (χ0n) is 23.8. The molecule has 2 amide bonds. The molecule has 5 saturated carbocycles. The molecule has 2 aromatic carbocycles. The first-order valence-corrected chi connectivity index (χ1v) is 15.5. The number of H-pyrrole nitrogens is 1. The van der Waals surface area contributed by atoms with Crippen LogP contribution in [0.5, 0.6) is 0 Å². The molecule has 5 fully saturated rings. The van der Waals surface area contributed by atoms with Crippen molar-refractivity contribution in [1.29, 1.82) is 0 Å². The summed E-state index contributed by atoms with van der Waals surface area (Å²) in [5.41, 5.74) is 1.73. The number of rotatable bonds is 9. The number of benzene rings is 2. The van der Waals surface area contributed by atoms with Gasteiger partial charge in [-0.05, 0) is 105 Å². The lowest BCUT2D eigenvalue weighted by Gasteiger charge is -2.56. The van der Waals surface area contributed by atoms with E-state index in [-0.39, 0.29) is 36.4 Å². The third kappa shape index (κ3) is 5.33. The number of fused-ring (bicyclic) bond motifs is 1. The molecule has 0 atom stereocenters. The van der Waals surface area contributed by atoms with Crippen LogP contribution in [0.4, 0.5) is 13.2 Å². The Kier molecular flexibility index (Phi) is 6.86. The minimum atomic E-state index is -4.41. The molecule has 0 radical (unpaired) electrons. The number of hydrogen-bond donors (Lipinski definition) is 1. The third-order valence-electron chi connectivity index (χ3n) is 10.4. The van der Waals surface area contributed by atoms with Gasteiger partial charge >= 0.3 is 6.18 Å². The van der Waals surface area contributed by atoms with Gasteiger partial charge in [-0.3, -0.25) is 9.59 Å². The molecule has 0 saturated heterocycles. The van der Waals surface area contributed by atoms with Gasteiger partial charge in [-0.15, -0.1) is 0 Å². The molecule has 5 aliphatic rings. The number of aromatic nitrogens is 1. The van der Waals surface area contributed by atoms with Crippen molar-refractivity contribution < 1.29 is 22.8 Å². The average Bonchev–Trinajstić information content (AvgIpc) is 3.72. The van der Waals surface area contributed by atoms with E-state index in [9.17, 15) is 22.8 Å². The van der Waals surface area contributed by atoms with Gasteiger partial charge in [0.15, 0.2) is 0 Å². The van der Waals surface area contributed by atoms with E-state index in [1.165, 1.54) is 31.4 Å². The first-order valence-electron chi connectivity index (χ1n) is 15.5. The van der Waals surface area contributed by atoms with Crippen molar-refractivity contribution in [2.45, 2.75) is 76.6 Å². The number of hydrogen-bond acceptors (Lipinski definition) is 2. The van der Waals surface area contributed by atoms with Gasteiger partial charge in [0.2, 0.25) is 11.8 Å². The van der Waals surface area contributed by atoms with E-state index in [0.717, 1.165) is 60.7 Å². The van der Waals surface area contributed by atoms with Crippen molar-refractivity contribution in [1.82, 2.24) is 14.8 Å². The largest absolute Gasteiger partial charge is 0.416 e. The molecule has 8 heteroatoms. The maximum atomic E-state index is 14.3. The summed E-state index contributed by atoms with van der Waals surface area (Å²) >= 11 is 0. The van der Waals surface area contributed by atoms with Gasteiger partial charge in [0.25, 0.3) is 0 Å². The van der Waals surface area contributed by atoms with E-state index in [1.54, 1.807) is 4.90 Å². The van der Waals surface area contributed by atoms with Crippen LogP contribution < -0.4 is 0 Å². The molecule has 0 unspecified atom stereocenters. The molecule has 42 heavy (non-hydrogen) atoms. The number of carbonyl (C=O) groups is 2. The van der Waals surface area contributed by atoms with E-state index in [1.807, 2.05) is 35.4 Å². The standard InChI is InChI=1S/C34H38F3N3O2/c35-34(36,37)27-7-5-22(6-8-27)20-39(12-11-26-19-38-30-4-2-1-3-29(26)30)31(41)21-40(28-9-10-28)32(42)33-16-23-13-24(17-33)15-25(14-23)18-33/h1-8,19,23-25,28,38H,9-18,20-21H2. The first-order chi connectivity index (χ1) is 20.2. The van der Waals surface area contributed by atoms with Crippen molar-refractivity contribution in [2.75, 3.05) is 13.1 Å². The molecule has 5 aliphatic carbocycles. The molecule has 1 N–H and O–H groups in total. The lowest BCUT2D eigenvalue weighted by molar-refractivity contribution is -0.161. The van der Waals surface area contributed by atoms with E-state index < -0.39 is 11.7 Å². The lowest BCUT2D eigenvalue weighted by Crippen LogP contribution is -2.56. The van der Waals surface area contributed by atoms with Gasteiger partial charge in [0, 0.05) is 36.2 Å². The Morgan fingerprint density at radius 2 is 1.55 bits per heavy atom. The number of halogens is 3. The van der Waals surface area contributed by atoms with E-state index in [4.69, 9.17) is 0 Å². The maximum Gasteiger partial charge on any atom is 0.416 e. The highest BCUT2D eigenvalue weighted by Gasteiger charge is 2.56. The van der Waals surface area contributed by atoms with Gasteiger partial charge in [0.05, 0.1) is 11.0 Å². The second-order valence-corrected chi connectivity index (χ2v) is 13.5. The second-order valence-electron chi connectivity index (χ2n) is 13.5. The number of nitrogens with one attached hydrogen (secondary N) is 1. The molecule has 5 nitrogen and oxygen atoms in total. The minimum absolute atomic E-state index is 0.0414. The highest BCUT2D eigenvalue weighted by molar-refractivity contribution is 5.89. The van der Waals surface area contributed by atoms with Crippen molar-refractivity contribution in [3.63, 3.8) is 0 Å². The summed E-state index contributed by atoms with van der Waals surface area (Å²) in [4.78, 5) is 35.2. The summed E-state index contributed by atoms with van der Waals surface area (Å²) in [6.07, 6.45) is 6.66. The fourth-order valence-electron chi connectivity index (χ4n) is 8.58. The number of aromatic amines is 1. The maximum absolute atomic E-state index is 14.3. The molecule has 0 aliphatic heterocycles. The minimum Gasteiger partial charge on any atom is -0.361 e. The van der Waals surface area contributed by atoms with Gasteiger partial charge in [-0.25, -0.2) is 0 Å². The quantitative estimate of drug-likeness (QED) is 0.299. The Hall–Kier alpha value is -3.29. The lowest BCUT2D eigenvalue weighted by atomic mass is 9.49. The number of alkyl halides is 3. The monoisotopic (exact) mass is 577 g/mol. The highest BCUT2D eigenvalue weighted by Crippen LogP contribution is 2.61. The topological polar surface area (TPSA) is 56.4 Å². The zero-order valence-corrected chi connectivity index (χ0v) is 23.8. The Morgan fingerprint density at radius 1 is 0.905 bits per heavy atom. The predicted octanol–water partition coefficient (Wildman–Crippen LogP) is 6.97. The van der Waals surface area contributed by atoms with Crippen LogP contribution in [0.3, 0.4) is 0 Å². The highest BCUT2D eigenvalue weighted by atomic mass is 19.4. The summed E-state index contributed by atoms with van der Waals surface area (Å²) < 4.78 is 39.5. The molecular formula is C34H38F3N3O2. The van der Waals surface area contributed by atoms with Gasteiger partial charge < -0.3 is 14.8 Å². The Bertz CT molecular complexity index is 1440. The number of carbonyl (C=O) groups excluding carboxylic acids is 2. The average molecular weight is 578 g/mol. The van der Waals surface area contributed by atoms with E-state index >= 15 is 0 Å². The van der Waals surface area contributed by atoms with Crippen molar-refractivity contribution in [2.24, 2.45) is 23.2 Å². The number of nitrogens with zero attached hydrogens (tertiary/aromatic N) is 2. The van der Waals surface area contributed by atoms with Crippen LogP contribution in [-0.4, -0.2) is 45.7 Å². The van der Waals surface area contributed by atoms with E-state index in [0.29, 0.717) is 36.3 Å². The summed E-state index contributed by atoms with van der Waals surface area (Å²) in [5, 5.41) is 1.09. The molecule has 3 aromatic rings. The molecule has 222 valence electrons. The summed E-state index contributed by atoms with van der Waals surface area (Å²) in [6.45, 7) is 0.648.